The van der Waals surface area contributed by atoms with Gasteiger partial charge in [-0.05, 0) is 80.8 Å². The predicted octanol–water partition coefficient (Wildman–Crippen LogP) is 6.35. The Morgan fingerprint density at radius 3 is 2.11 bits per heavy atom. The summed E-state index contributed by atoms with van der Waals surface area (Å²) in [4.78, 5) is 30.4. The lowest BCUT2D eigenvalue weighted by Gasteiger charge is -2.29. The molecule has 1 heterocycles. The summed E-state index contributed by atoms with van der Waals surface area (Å²) in [5.74, 6) is -1.02. The molecule has 1 saturated heterocycles. The number of carbonyl (C=O) groups excluding carboxylic acids is 2. The summed E-state index contributed by atoms with van der Waals surface area (Å²) >= 11 is 0. The molecule has 1 unspecified atom stereocenters. The molecule has 3 aromatic rings. The second-order valence-corrected chi connectivity index (χ2v) is 10.6. The normalized spacial score (nSPS) is 15.3. The molecule has 1 aliphatic rings. The van der Waals surface area contributed by atoms with Crippen molar-refractivity contribution in [3.8, 4) is 11.1 Å². The molecule has 0 saturated carbocycles. The fraction of sp³-hybridized carbons (Fsp3) is 0.333. The smallest absolute Gasteiger partial charge is 0.410 e. The van der Waals surface area contributed by atoms with Crippen LogP contribution in [-0.4, -0.2) is 55.7 Å². The van der Waals surface area contributed by atoms with Crippen molar-refractivity contribution in [2.24, 2.45) is 0 Å². The van der Waals surface area contributed by atoms with Crippen molar-refractivity contribution in [2.75, 3.05) is 37.0 Å². The van der Waals surface area contributed by atoms with Crippen LogP contribution in [0.15, 0.2) is 66.7 Å². The molecule has 0 aliphatic carbocycles. The highest BCUT2D eigenvalue weighted by Gasteiger charge is 2.32. The monoisotopic (exact) mass is 521 g/mol. The molecule has 0 spiro atoms. The lowest BCUT2D eigenvalue weighted by molar-refractivity contribution is 0.0237. The van der Waals surface area contributed by atoms with Crippen LogP contribution in [0.2, 0.25) is 0 Å². The number of carbonyl (C=O) groups is 2. The minimum absolute atomic E-state index is 0.0916. The Balaban J connectivity index is 1.42. The number of amides is 2. The number of hydrogen-bond donors (Lipinski definition) is 0. The predicted molar refractivity (Wildman–Crippen MR) is 146 cm³/mol. The van der Waals surface area contributed by atoms with Crippen molar-refractivity contribution in [2.45, 2.75) is 38.8 Å². The molecule has 0 radical (unpaired) electrons. The van der Waals surface area contributed by atoms with Gasteiger partial charge in [-0.25, -0.2) is 13.6 Å². The zero-order valence-corrected chi connectivity index (χ0v) is 22.4. The van der Waals surface area contributed by atoms with Gasteiger partial charge in [0.05, 0.1) is 11.7 Å². The van der Waals surface area contributed by atoms with Gasteiger partial charge in [-0.15, -0.1) is 0 Å². The number of rotatable bonds is 5. The Labute approximate surface area is 222 Å². The quantitative estimate of drug-likeness (QED) is 0.392. The molecule has 1 fully saturated rings. The lowest BCUT2D eigenvalue weighted by Crippen LogP contribution is -2.42. The van der Waals surface area contributed by atoms with E-state index in [0.29, 0.717) is 36.4 Å². The molecule has 200 valence electrons. The van der Waals surface area contributed by atoms with Crippen molar-refractivity contribution >= 4 is 23.4 Å². The van der Waals surface area contributed by atoms with Crippen LogP contribution in [0.3, 0.4) is 0 Å². The summed E-state index contributed by atoms with van der Waals surface area (Å²) in [6.07, 6.45) is 0.300. The highest BCUT2D eigenvalue weighted by Crippen LogP contribution is 2.30. The van der Waals surface area contributed by atoms with Gasteiger partial charge in [0.2, 0.25) is 0 Å². The highest BCUT2D eigenvalue weighted by molar-refractivity contribution is 6.06. The number of benzene rings is 3. The first-order valence-corrected chi connectivity index (χ1v) is 12.6. The van der Waals surface area contributed by atoms with Crippen LogP contribution in [0.5, 0.6) is 0 Å². The molecular weight excluding hydrogens is 488 g/mol. The van der Waals surface area contributed by atoms with Crippen LogP contribution in [0, 0.1) is 11.6 Å². The summed E-state index contributed by atoms with van der Waals surface area (Å²) in [7, 11) is 3.31. The molecule has 0 aromatic heterocycles. The molecule has 38 heavy (non-hydrogen) atoms. The minimum Gasteiger partial charge on any atom is -0.444 e. The van der Waals surface area contributed by atoms with E-state index in [0.717, 1.165) is 11.1 Å². The first-order chi connectivity index (χ1) is 17.9. The summed E-state index contributed by atoms with van der Waals surface area (Å²) in [5, 5.41) is 0. The topological polar surface area (TPSA) is 53.1 Å². The van der Waals surface area contributed by atoms with Gasteiger partial charge in [0.25, 0.3) is 5.91 Å². The molecule has 0 bridgehead atoms. The first kappa shape index (κ1) is 27.1. The molecule has 1 aliphatic heterocycles. The van der Waals surface area contributed by atoms with Crippen LogP contribution in [0.25, 0.3) is 11.1 Å². The van der Waals surface area contributed by atoms with Crippen molar-refractivity contribution in [3.05, 3.63) is 83.9 Å². The largest absolute Gasteiger partial charge is 0.444 e. The van der Waals surface area contributed by atoms with E-state index >= 15 is 4.39 Å². The van der Waals surface area contributed by atoms with Gasteiger partial charge in [-0.2, -0.15) is 0 Å². The molecule has 3 aromatic carbocycles. The van der Waals surface area contributed by atoms with Gasteiger partial charge in [0.1, 0.15) is 17.2 Å². The van der Waals surface area contributed by atoms with E-state index in [1.807, 2.05) is 25.7 Å². The van der Waals surface area contributed by atoms with E-state index in [2.05, 4.69) is 0 Å². The lowest BCUT2D eigenvalue weighted by atomic mass is 10.0. The first-order valence-electron chi connectivity index (χ1n) is 12.6. The summed E-state index contributed by atoms with van der Waals surface area (Å²) in [6.45, 7) is 6.55. The third kappa shape index (κ3) is 6.13. The summed E-state index contributed by atoms with van der Waals surface area (Å²) < 4.78 is 33.8. The van der Waals surface area contributed by atoms with Gasteiger partial charge >= 0.3 is 6.09 Å². The Morgan fingerprint density at radius 2 is 1.53 bits per heavy atom. The Kier molecular flexibility index (Phi) is 7.71. The van der Waals surface area contributed by atoms with Crippen LogP contribution in [0.1, 0.15) is 37.6 Å². The maximum atomic E-state index is 15.2. The van der Waals surface area contributed by atoms with Gasteiger partial charge in [0.15, 0.2) is 0 Å². The van der Waals surface area contributed by atoms with E-state index in [-0.39, 0.29) is 17.8 Å². The van der Waals surface area contributed by atoms with Crippen LogP contribution in [0.4, 0.5) is 25.0 Å². The maximum absolute atomic E-state index is 15.2. The van der Waals surface area contributed by atoms with Gasteiger partial charge < -0.3 is 19.4 Å². The third-order valence-electron chi connectivity index (χ3n) is 6.67. The second kappa shape index (κ2) is 10.8. The fourth-order valence-electron chi connectivity index (χ4n) is 4.48. The van der Waals surface area contributed by atoms with Crippen molar-refractivity contribution in [3.63, 3.8) is 0 Å². The number of nitrogens with zero attached hydrogens (tertiary/aromatic N) is 3. The average molecular weight is 522 g/mol. The van der Waals surface area contributed by atoms with Crippen molar-refractivity contribution in [1.82, 2.24) is 4.90 Å². The van der Waals surface area contributed by atoms with E-state index in [1.54, 1.807) is 67.5 Å². The van der Waals surface area contributed by atoms with Crippen LogP contribution >= 0.6 is 0 Å². The average Bonchev–Trinajstić information content (AvgIpc) is 3.37. The maximum Gasteiger partial charge on any atom is 0.410 e. The van der Waals surface area contributed by atoms with Gasteiger partial charge in [-0.3, -0.25) is 4.79 Å². The number of anilines is 2. The number of halogens is 2. The Morgan fingerprint density at radius 1 is 0.921 bits per heavy atom. The Hall–Kier alpha value is -3.94. The SMILES string of the molecule is CN(C(=O)c1ccc(-c2ccc(F)cc2)cc1)c1ccc(N2CCC(N(C)C(=O)OC(C)(C)C)C2)c(F)c1. The van der Waals surface area contributed by atoms with Gasteiger partial charge in [-0.1, -0.05) is 24.3 Å². The molecular formula is C30H33F2N3O3. The molecule has 0 N–H and O–H groups in total. The zero-order chi connectivity index (χ0) is 27.6. The number of likely N-dealkylation sites (N-methyl/N-ethyl adjacent to an activating group) is 1. The van der Waals surface area contributed by atoms with Gasteiger partial charge in [0, 0.05) is 38.4 Å². The molecule has 4 rings (SSSR count). The van der Waals surface area contributed by atoms with E-state index < -0.39 is 17.5 Å². The standard InChI is InChI=1S/C30H33F2N3O3/c1-30(2,3)38-29(37)34(5)25-16-17-35(19-25)27-15-14-24(18-26(27)32)33(4)28(36)22-8-6-20(7-9-22)21-10-12-23(31)13-11-21/h6-15,18,25H,16-17,19H2,1-5H3. The van der Waals surface area contributed by atoms with Crippen molar-refractivity contribution < 1.29 is 23.1 Å². The zero-order valence-electron chi connectivity index (χ0n) is 22.4. The minimum atomic E-state index is -0.584. The Bertz CT molecular complexity index is 1300. The van der Waals surface area contributed by atoms with E-state index in [1.165, 1.54) is 23.1 Å². The molecule has 2 amide bonds. The fourth-order valence-corrected chi connectivity index (χ4v) is 4.48. The number of ether oxygens (including phenoxy) is 1. The summed E-state index contributed by atoms with van der Waals surface area (Å²) in [5.41, 5.74) is 2.44. The number of hydrogen-bond acceptors (Lipinski definition) is 4. The molecule has 8 heteroatoms. The van der Waals surface area contributed by atoms with Crippen molar-refractivity contribution in [1.29, 1.82) is 0 Å². The molecule has 1 atom stereocenters. The van der Waals surface area contributed by atoms with E-state index in [9.17, 15) is 14.0 Å². The van der Waals surface area contributed by atoms with Crippen LogP contribution in [-0.2, 0) is 4.74 Å². The molecule has 6 nitrogen and oxygen atoms in total. The summed E-state index contributed by atoms with van der Waals surface area (Å²) in [6, 6.07) is 17.8. The highest BCUT2D eigenvalue weighted by atomic mass is 19.1. The second-order valence-electron chi connectivity index (χ2n) is 10.6. The van der Waals surface area contributed by atoms with Crippen LogP contribution < -0.4 is 9.80 Å². The third-order valence-corrected chi connectivity index (χ3v) is 6.67. The van der Waals surface area contributed by atoms with E-state index in [4.69, 9.17) is 4.74 Å².